The Labute approximate surface area is 145 Å². The zero-order chi connectivity index (χ0) is 16.4. The Balaban J connectivity index is 1.59. The van der Waals surface area contributed by atoms with Gasteiger partial charge in [-0.3, -0.25) is 14.5 Å². The Hall–Kier alpha value is -1.93. The van der Waals surface area contributed by atoms with E-state index in [2.05, 4.69) is 26.2 Å². The van der Waals surface area contributed by atoms with E-state index in [-0.39, 0.29) is 24.9 Å². The number of hydrogen-bond acceptors (Lipinski definition) is 4. The summed E-state index contributed by atoms with van der Waals surface area (Å²) in [6, 6.07) is 6.46. The molecular formula is C15H12BrN3O3S. The number of allylic oxidation sites excluding steroid dienone is 1. The van der Waals surface area contributed by atoms with Gasteiger partial charge in [-0.05, 0) is 39.5 Å². The maximum atomic E-state index is 12.3. The van der Waals surface area contributed by atoms with Gasteiger partial charge in [-0.2, -0.15) is 4.99 Å². The Morgan fingerprint density at radius 2 is 2.13 bits per heavy atom. The lowest BCUT2D eigenvalue weighted by Gasteiger charge is -2.25. The van der Waals surface area contributed by atoms with Crippen LogP contribution in [0, 0.1) is 0 Å². The van der Waals surface area contributed by atoms with Crippen molar-refractivity contribution in [3.63, 3.8) is 0 Å². The number of urea groups is 1. The van der Waals surface area contributed by atoms with Gasteiger partial charge >= 0.3 is 6.03 Å². The molecule has 1 atom stereocenters. The second-order valence-corrected chi connectivity index (χ2v) is 6.73. The van der Waals surface area contributed by atoms with E-state index >= 15 is 0 Å². The molecule has 8 heteroatoms. The third-order valence-electron chi connectivity index (χ3n) is 3.41. The summed E-state index contributed by atoms with van der Waals surface area (Å²) >= 11 is 4.64. The molecule has 2 heterocycles. The molecule has 4 amide bonds. The van der Waals surface area contributed by atoms with E-state index < -0.39 is 11.3 Å². The topological polar surface area (TPSA) is 78.8 Å². The first-order valence-electron chi connectivity index (χ1n) is 6.86. The average Bonchev–Trinajstić information content (AvgIpc) is 2.99. The smallest absolute Gasteiger partial charge is 0.350 e. The number of nitrogens with one attached hydrogen (secondary N) is 1. The predicted octanol–water partition coefficient (Wildman–Crippen LogP) is 2.21. The fraction of sp³-hybridized carbons (Fsp3) is 0.200. The Kier molecular flexibility index (Phi) is 4.63. The summed E-state index contributed by atoms with van der Waals surface area (Å²) in [5.41, 5.74) is 0.998. The zero-order valence-electron chi connectivity index (χ0n) is 11.9. The summed E-state index contributed by atoms with van der Waals surface area (Å²) in [7, 11) is 0. The maximum absolute atomic E-state index is 12.3. The minimum atomic E-state index is -0.580. The first-order valence-corrected chi connectivity index (χ1v) is 8.60. The van der Waals surface area contributed by atoms with E-state index in [4.69, 9.17) is 0 Å². The number of fused-ring (bicyclic) bond motifs is 1. The van der Waals surface area contributed by atoms with Crippen LogP contribution >= 0.6 is 27.7 Å². The SMILES string of the molecule is O=C(NCCN1C(=O)N=C2C=CSC2C1=O)c1ccccc1Br. The zero-order valence-corrected chi connectivity index (χ0v) is 14.3. The number of benzene rings is 1. The number of carbonyl (C=O) groups excluding carboxylic acids is 3. The molecular weight excluding hydrogens is 382 g/mol. The fourth-order valence-electron chi connectivity index (χ4n) is 2.26. The van der Waals surface area contributed by atoms with E-state index in [1.54, 1.807) is 29.7 Å². The first kappa shape index (κ1) is 15.9. The van der Waals surface area contributed by atoms with E-state index in [1.807, 2.05) is 6.07 Å². The lowest BCUT2D eigenvalue weighted by molar-refractivity contribution is -0.126. The molecule has 1 unspecified atom stereocenters. The summed E-state index contributed by atoms with van der Waals surface area (Å²) in [4.78, 5) is 41.2. The number of thioether (sulfide) groups is 1. The van der Waals surface area contributed by atoms with Crippen LogP contribution in [-0.4, -0.2) is 46.8 Å². The number of rotatable bonds is 4. The van der Waals surface area contributed by atoms with Crippen LogP contribution in [0.3, 0.4) is 0 Å². The van der Waals surface area contributed by atoms with Crippen LogP contribution in [0.1, 0.15) is 10.4 Å². The molecule has 0 fully saturated rings. The molecule has 0 radical (unpaired) electrons. The van der Waals surface area contributed by atoms with Crippen molar-refractivity contribution in [3.8, 4) is 0 Å². The lowest BCUT2D eigenvalue weighted by Crippen LogP contribution is -2.49. The van der Waals surface area contributed by atoms with Gasteiger partial charge < -0.3 is 5.32 Å². The van der Waals surface area contributed by atoms with Crippen LogP contribution in [0.25, 0.3) is 0 Å². The van der Waals surface area contributed by atoms with Gasteiger partial charge in [-0.15, -0.1) is 11.8 Å². The molecule has 1 aromatic rings. The number of hydrogen-bond donors (Lipinski definition) is 1. The molecule has 23 heavy (non-hydrogen) atoms. The highest BCUT2D eigenvalue weighted by Crippen LogP contribution is 2.27. The normalized spacial score (nSPS) is 19.6. The fourth-order valence-corrected chi connectivity index (χ4v) is 3.61. The van der Waals surface area contributed by atoms with Crippen molar-refractivity contribution in [3.05, 3.63) is 45.8 Å². The summed E-state index contributed by atoms with van der Waals surface area (Å²) in [5.74, 6) is -0.555. The molecule has 6 nitrogen and oxygen atoms in total. The molecule has 118 valence electrons. The third-order valence-corrected chi connectivity index (χ3v) is 5.11. The van der Waals surface area contributed by atoms with Crippen LogP contribution in [0.5, 0.6) is 0 Å². The summed E-state index contributed by atoms with van der Waals surface area (Å²) in [5, 5.41) is 4.02. The molecule has 0 aliphatic carbocycles. The van der Waals surface area contributed by atoms with E-state index in [0.717, 1.165) is 4.90 Å². The van der Waals surface area contributed by atoms with Crippen molar-refractivity contribution in [1.82, 2.24) is 10.2 Å². The molecule has 0 spiro atoms. The molecule has 0 aromatic heterocycles. The van der Waals surface area contributed by atoms with Crippen LogP contribution in [0.2, 0.25) is 0 Å². The predicted molar refractivity (Wildman–Crippen MR) is 91.5 cm³/mol. The number of amides is 4. The lowest BCUT2D eigenvalue weighted by atomic mass is 10.2. The number of carbonyl (C=O) groups is 3. The monoisotopic (exact) mass is 393 g/mol. The van der Waals surface area contributed by atoms with Crippen molar-refractivity contribution in [2.75, 3.05) is 13.1 Å². The van der Waals surface area contributed by atoms with Gasteiger partial charge in [0.1, 0.15) is 5.25 Å². The molecule has 2 aliphatic rings. The largest absolute Gasteiger partial charge is 0.350 e. The molecule has 0 saturated carbocycles. The Bertz CT molecular complexity index is 747. The molecule has 0 bridgehead atoms. The second kappa shape index (κ2) is 6.67. The molecule has 3 rings (SSSR count). The van der Waals surface area contributed by atoms with E-state index in [1.165, 1.54) is 11.8 Å². The quantitative estimate of drug-likeness (QED) is 0.850. The Morgan fingerprint density at radius 1 is 1.35 bits per heavy atom. The Morgan fingerprint density at radius 3 is 2.91 bits per heavy atom. The van der Waals surface area contributed by atoms with Gasteiger partial charge in [0.05, 0.1) is 11.3 Å². The van der Waals surface area contributed by atoms with E-state index in [9.17, 15) is 14.4 Å². The number of imide groups is 1. The van der Waals surface area contributed by atoms with Gasteiger partial charge in [-0.25, -0.2) is 4.79 Å². The number of nitrogens with zero attached hydrogens (tertiary/aromatic N) is 2. The average molecular weight is 394 g/mol. The standard InChI is InChI=1S/C15H12BrN3O3S/c16-10-4-2-1-3-9(10)13(20)17-6-7-19-14(21)12-11(5-8-23-12)18-15(19)22/h1-5,8,12H,6-7H2,(H,17,20). The molecule has 0 saturated heterocycles. The van der Waals surface area contributed by atoms with Crippen LogP contribution in [0.15, 0.2) is 45.2 Å². The van der Waals surface area contributed by atoms with Gasteiger partial charge in [-0.1, -0.05) is 12.1 Å². The van der Waals surface area contributed by atoms with Crippen LogP contribution < -0.4 is 5.32 Å². The third kappa shape index (κ3) is 3.23. The minimum absolute atomic E-state index is 0.0989. The summed E-state index contributed by atoms with van der Waals surface area (Å²) < 4.78 is 0.685. The van der Waals surface area contributed by atoms with Gasteiger partial charge in [0.15, 0.2) is 0 Å². The highest BCUT2D eigenvalue weighted by Gasteiger charge is 2.38. The van der Waals surface area contributed by atoms with Crippen molar-refractivity contribution in [1.29, 1.82) is 0 Å². The first-order chi connectivity index (χ1) is 11.1. The maximum Gasteiger partial charge on any atom is 0.350 e. The number of halogens is 1. The van der Waals surface area contributed by atoms with Gasteiger partial charge in [0.2, 0.25) is 5.91 Å². The van der Waals surface area contributed by atoms with Crippen molar-refractivity contribution >= 4 is 51.2 Å². The highest BCUT2D eigenvalue weighted by molar-refractivity contribution is 9.10. The minimum Gasteiger partial charge on any atom is -0.350 e. The molecule has 1 aromatic carbocycles. The summed E-state index contributed by atoms with van der Waals surface area (Å²) in [6.07, 6.45) is 1.68. The highest BCUT2D eigenvalue weighted by atomic mass is 79.9. The van der Waals surface area contributed by atoms with E-state index in [0.29, 0.717) is 15.7 Å². The summed E-state index contributed by atoms with van der Waals surface area (Å²) in [6.45, 7) is 0.273. The van der Waals surface area contributed by atoms with Gasteiger partial charge in [0.25, 0.3) is 5.91 Å². The molecule has 2 aliphatic heterocycles. The molecule has 1 N–H and O–H groups in total. The van der Waals surface area contributed by atoms with Gasteiger partial charge in [0, 0.05) is 17.6 Å². The van der Waals surface area contributed by atoms with Crippen molar-refractivity contribution < 1.29 is 14.4 Å². The number of aliphatic imine (C=N–C) groups is 1. The van der Waals surface area contributed by atoms with Crippen LogP contribution in [0.4, 0.5) is 4.79 Å². The van der Waals surface area contributed by atoms with Crippen molar-refractivity contribution in [2.24, 2.45) is 4.99 Å². The second-order valence-electron chi connectivity index (χ2n) is 4.86. The van der Waals surface area contributed by atoms with Crippen molar-refractivity contribution in [2.45, 2.75) is 5.25 Å². The van der Waals surface area contributed by atoms with Crippen LogP contribution in [-0.2, 0) is 4.79 Å².